The average Bonchev–Trinajstić information content (AvgIpc) is 2.84. The van der Waals surface area contributed by atoms with E-state index in [9.17, 15) is 9.59 Å². The van der Waals surface area contributed by atoms with Gasteiger partial charge in [0.25, 0.3) is 0 Å². The number of nitrogens with one attached hydrogen (secondary N) is 2. The fraction of sp³-hybridized carbons (Fsp3) is 0.267. The van der Waals surface area contributed by atoms with Crippen molar-refractivity contribution in [2.75, 3.05) is 29.6 Å². The zero-order valence-electron chi connectivity index (χ0n) is 12.7. The Morgan fingerprint density at radius 3 is 2.32 bits per heavy atom. The van der Waals surface area contributed by atoms with Crippen LogP contribution in [0.1, 0.15) is 12.2 Å². The van der Waals surface area contributed by atoms with E-state index in [2.05, 4.69) is 15.8 Å². The monoisotopic (exact) mass is 302 g/mol. The van der Waals surface area contributed by atoms with Gasteiger partial charge < -0.3 is 20.1 Å². The number of carbonyl (C=O) groups excluding carboxylic acids is 2. The first kappa shape index (κ1) is 15.6. The smallest absolute Gasteiger partial charge is 0.235 e. The Labute approximate surface area is 128 Å². The molecule has 116 valence electrons. The van der Waals surface area contributed by atoms with Gasteiger partial charge in [0, 0.05) is 31.5 Å². The first-order chi connectivity index (χ1) is 10.4. The van der Waals surface area contributed by atoms with Crippen LogP contribution in [-0.4, -0.2) is 31.1 Å². The molecule has 0 atom stereocenters. The highest BCUT2D eigenvalue weighted by atomic mass is 16.5. The topological polar surface area (TPSA) is 87.5 Å². The fourth-order valence-electron chi connectivity index (χ4n) is 1.81. The van der Waals surface area contributed by atoms with Crippen LogP contribution in [-0.2, 0) is 9.59 Å². The number of aryl methyl sites for hydroxylation is 1. The van der Waals surface area contributed by atoms with Crippen LogP contribution in [0.2, 0.25) is 0 Å². The van der Waals surface area contributed by atoms with E-state index >= 15 is 0 Å². The fourth-order valence-corrected chi connectivity index (χ4v) is 1.81. The molecule has 0 aliphatic rings. The molecule has 0 radical (unpaired) electrons. The predicted octanol–water partition coefficient (Wildman–Crippen LogP) is 2.02. The highest BCUT2D eigenvalue weighted by Crippen LogP contribution is 2.15. The van der Waals surface area contributed by atoms with E-state index in [1.807, 2.05) is 31.1 Å². The molecule has 0 spiro atoms. The molecule has 0 bridgehead atoms. The molecule has 0 unspecified atom stereocenters. The van der Waals surface area contributed by atoms with Crippen LogP contribution < -0.4 is 15.5 Å². The molecule has 1 heterocycles. The summed E-state index contributed by atoms with van der Waals surface area (Å²) in [4.78, 5) is 25.5. The average molecular weight is 302 g/mol. The number of anilines is 3. The molecule has 2 amide bonds. The van der Waals surface area contributed by atoms with Crippen LogP contribution in [0, 0.1) is 6.92 Å². The van der Waals surface area contributed by atoms with Gasteiger partial charge in [-0.05, 0) is 31.2 Å². The van der Waals surface area contributed by atoms with Crippen molar-refractivity contribution in [1.82, 2.24) is 5.16 Å². The molecule has 2 rings (SSSR count). The maximum atomic E-state index is 11.8. The number of amides is 2. The summed E-state index contributed by atoms with van der Waals surface area (Å²) in [5, 5.41) is 8.79. The largest absolute Gasteiger partial charge is 0.378 e. The molecule has 0 saturated heterocycles. The van der Waals surface area contributed by atoms with Gasteiger partial charge >= 0.3 is 0 Å². The Kier molecular flexibility index (Phi) is 4.77. The molecule has 0 aliphatic carbocycles. The van der Waals surface area contributed by atoms with Crippen molar-refractivity contribution in [3.8, 4) is 0 Å². The minimum absolute atomic E-state index is 0.290. The van der Waals surface area contributed by atoms with Gasteiger partial charge in [0.05, 0.1) is 0 Å². The molecule has 7 nitrogen and oxygen atoms in total. The van der Waals surface area contributed by atoms with E-state index in [0.717, 1.165) is 5.69 Å². The number of carbonyl (C=O) groups is 2. The number of benzene rings is 1. The third kappa shape index (κ3) is 4.34. The second kappa shape index (κ2) is 6.75. The Morgan fingerprint density at radius 1 is 1.14 bits per heavy atom. The van der Waals surface area contributed by atoms with Gasteiger partial charge in [-0.2, -0.15) is 0 Å². The summed E-state index contributed by atoms with van der Waals surface area (Å²) < 4.78 is 4.83. The lowest BCUT2D eigenvalue weighted by molar-refractivity contribution is -0.123. The SMILES string of the molecule is Cc1cc(NC(=O)CC(=O)Nc2ccc(N(C)C)cc2)no1. The lowest BCUT2D eigenvalue weighted by Crippen LogP contribution is -2.21. The van der Waals surface area contributed by atoms with E-state index in [1.165, 1.54) is 0 Å². The molecule has 2 N–H and O–H groups in total. The van der Waals surface area contributed by atoms with Crippen molar-refractivity contribution in [2.24, 2.45) is 0 Å². The highest BCUT2D eigenvalue weighted by molar-refractivity contribution is 6.07. The van der Waals surface area contributed by atoms with Crippen LogP contribution in [0.25, 0.3) is 0 Å². The maximum absolute atomic E-state index is 11.8. The number of hydrogen-bond donors (Lipinski definition) is 2. The number of aromatic nitrogens is 1. The Balaban J connectivity index is 1.85. The second-order valence-corrected chi connectivity index (χ2v) is 5.04. The molecule has 1 aromatic carbocycles. The van der Waals surface area contributed by atoms with Gasteiger partial charge in [-0.15, -0.1) is 0 Å². The van der Waals surface area contributed by atoms with Crippen LogP contribution in [0.5, 0.6) is 0 Å². The lowest BCUT2D eigenvalue weighted by Gasteiger charge is -2.13. The minimum atomic E-state index is -0.448. The summed E-state index contributed by atoms with van der Waals surface area (Å²) in [6.45, 7) is 1.72. The lowest BCUT2D eigenvalue weighted by atomic mass is 10.2. The van der Waals surface area contributed by atoms with Gasteiger partial charge in [0.15, 0.2) is 5.82 Å². The van der Waals surface area contributed by atoms with Gasteiger partial charge in [0.1, 0.15) is 12.2 Å². The first-order valence-electron chi connectivity index (χ1n) is 6.74. The van der Waals surface area contributed by atoms with E-state index in [1.54, 1.807) is 25.1 Å². The molecule has 0 aliphatic heterocycles. The van der Waals surface area contributed by atoms with Gasteiger partial charge in [0.2, 0.25) is 11.8 Å². The summed E-state index contributed by atoms with van der Waals surface area (Å²) in [5.41, 5.74) is 1.66. The number of nitrogens with zero attached hydrogens (tertiary/aromatic N) is 2. The third-order valence-electron chi connectivity index (χ3n) is 2.88. The molecule has 0 saturated carbocycles. The Bertz CT molecular complexity index is 662. The van der Waals surface area contributed by atoms with Crippen molar-refractivity contribution in [1.29, 1.82) is 0 Å². The van der Waals surface area contributed by atoms with E-state index in [4.69, 9.17) is 4.52 Å². The second-order valence-electron chi connectivity index (χ2n) is 5.04. The summed E-state index contributed by atoms with van der Waals surface area (Å²) in [7, 11) is 3.87. The molecular weight excluding hydrogens is 284 g/mol. The van der Waals surface area contributed by atoms with E-state index in [-0.39, 0.29) is 6.42 Å². The molecule has 7 heteroatoms. The predicted molar refractivity (Wildman–Crippen MR) is 83.9 cm³/mol. The van der Waals surface area contributed by atoms with Crippen LogP contribution in [0.15, 0.2) is 34.9 Å². The number of rotatable bonds is 5. The first-order valence-corrected chi connectivity index (χ1v) is 6.74. The Morgan fingerprint density at radius 2 is 1.77 bits per heavy atom. The summed E-state index contributed by atoms with van der Waals surface area (Å²) in [6.07, 6.45) is -0.290. The van der Waals surface area contributed by atoms with Crippen molar-refractivity contribution in [2.45, 2.75) is 13.3 Å². The Hall–Kier alpha value is -2.83. The van der Waals surface area contributed by atoms with Gasteiger partial charge in [-0.1, -0.05) is 5.16 Å². The molecule has 22 heavy (non-hydrogen) atoms. The normalized spacial score (nSPS) is 10.1. The van der Waals surface area contributed by atoms with Crippen molar-refractivity contribution < 1.29 is 14.1 Å². The third-order valence-corrected chi connectivity index (χ3v) is 2.88. The summed E-state index contributed by atoms with van der Waals surface area (Å²) >= 11 is 0. The summed E-state index contributed by atoms with van der Waals surface area (Å²) in [6, 6.07) is 8.91. The van der Waals surface area contributed by atoms with E-state index in [0.29, 0.717) is 17.3 Å². The summed E-state index contributed by atoms with van der Waals surface area (Å²) in [5.74, 6) is 0.0393. The maximum Gasteiger partial charge on any atom is 0.235 e. The van der Waals surface area contributed by atoms with Crippen molar-refractivity contribution in [3.05, 3.63) is 36.1 Å². The quantitative estimate of drug-likeness (QED) is 0.825. The molecular formula is C15H18N4O3. The van der Waals surface area contributed by atoms with E-state index < -0.39 is 11.8 Å². The van der Waals surface area contributed by atoms with Crippen molar-refractivity contribution >= 4 is 29.0 Å². The van der Waals surface area contributed by atoms with Crippen LogP contribution >= 0.6 is 0 Å². The van der Waals surface area contributed by atoms with Crippen LogP contribution in [0.3, 0.4) is 0 Å². The number of hydrogen-bond acceptors (Lipinski definition) is 5. The molecule has 1 aromatic heterocycles. The van der Waals surface area contributed by atoms with Crippen LogP contribution in [0.4, 0.5) is 17.2 Å². The minimum Gasteiger partial charge on any atom is -0.378 e. The van der Waals surface area contributed by atoms with Gasteiger partial charge in [-0.25, -0.2) is 0 Å². The van der Waals surface area contributed by atoms with Gasteiger partial charge in [-0.3, -0.25) is 9.59 Å². The molecule has 2 aromatic rings. The zero-order valence-corrected chi connectivity index (χ0v) is 12.7. The molecule has 0 fully saturated rings. The van der Waals surface area contributed by atoms with Crippen molar-refractivity contribution in [3.63, 3.8) is 0 Å². The highest BCUT2D eigenvalue weighted by Gasteiger charge is 2.12. The zero-order chi connectivity index (χ0) is 16.1. The standard InChI is InChI=1S/C15H18N4O3/c1-10-8-13(18-22-10)17-15(21)9-14(20)16-11-4-6-12(7-5-11)19(2)3/h4-8H,9H2,1-3H3,(H,16,20)(H,17,18,21).